The molecule has 10 atom stereocenters. The molecule has 0 aromatic carbocycles. The molecule has 1 unspecified atom stereocenters. The summed E-state index contributed by atoms with van der Waals surface area (Å²) in [6.45, 7) is 14.7. The van der Waals surface area contributed by atoms with Crippen molar-refractivity contribution in [3.05, 3.63) is 12.2 Å². The molecule has 0 bridgehead atoms. The number of hydrogen-bond acceptors (Lipinski definition) is 3. The van der Waals surface area contributed by atoms with Gasteiger partial charge in [0.25, 0.3) is 0 Å². The average molecular weight is 669 g/mol. The second-order valence-electron chi connectivity index (χ2n) is 18.5. The molecule has 4 aliphatic carbocycles. The van der Waals surface area contributed by atoms with Crippen molar-refractivity contribution in [2.75, 3.05) is 0 Å². The summed E-state index contributed by atoms with van der Waals surface area (Å²) >= 11 is 0. The predicted molar refractivity (Wildman–Crippen MR) is 204 cm³/mol. The molecule has 3 heteroatoms. The van der Waals surface area contributed by atoms with Crippen LogP contribution in [0.3, 0.4) is 0 Å². The Morgan fingerprint density at radius 2 is 1.44 bits per heavy atom. The summed E-state index contributed by atoms with van der Waals surface area (Å²) in [7, 11) is 0. The Kier molecular flexibility index (Phi) is 16.4. The fourth-order valence-electron chi connectivity index (χ4n) is 12.0. The molecule has 48 heavy (non-hydrogen) atoms. The molecule has 0 saturated heterocycles. The van der Waals surface area contributed by atoms with Crippen molar-refractivity contribution in [2.45, 2.75) is 214 Å². The van der Waals surface area contributed by atoms with Gasteiger partial charge < -0.3 is 9.84 Å². The smallest absolute Gasteiger partial charge is 0.306 e. The molecule has 0 aromatic heterocycles. The molecule has 4 saturated carbocycles. The van der Waals surface area contributed by atoms with E-state index in [4.69, 9.17) is 4.74 Å². The number of unbranched alkanes of at least 4 members (excludes halogenated alkanes) is 11. The van der Waals surface area contributed by atoms with E-state index in [0.29, 0.717) is 30.1 Å². The Bertz CT molecular complexity index is 956. The molecule has 278 valence electrons. The van der Waals surface area contributed by atoms with Gasteiger partial charge in [0.1, 0.15) is 6.10 Å². The van der Waals surface area contributed by atoms with Crippen molar-refractivity contribution in [3.8, 4) is 0 Å². The molecule has 4 rings (SSSR count). The molecule has 4 fully saturated rings. The third-order valence-corrected chi connectivity index (χ3v) is 14.8. The molecule has 0 aliphatic heterocycles. The van der Waals surface area contributed by atoms with Crippen LogP contribution in [0.25, 0.3) is 0 Å². The Balaban J connectivity index is 1.21. The van der Waals surface area contributed by atoms with Crippen LogP contribution in [-0.4, -0.2) is 23.3 Å². The lowest BCUT2D eigenvalue weighted by Crippen LogP contribution is -2.60. The van der Waals surface area contributed by atoms with Gasteiger partial charge in [-0.15, -0.1) is 0 Å². The number of carbonyl (C=O) groups excluding carboxylic acids is 1. The molecule has 0 spiro atoms. The van der Waals surface area contributed by atoms with E-state index < -0.39 is 0 Å². The zero-order chi connectivity index (χ0) is 34.6. The first-order valence-electron chi connectivity index (χ1n) is 21.6. The number of ether oxygens (including phenoxy) is 1. The highest BCUT2D eigenvalue weighted by atomic mass is 16.5. The van der Waals surface area contributed by atoms with E-state index in [1.165, 1.54) is 128 Å². The monoisotopic (exact) mass is 669 g/mol. The zero-order valence-electron chi connectivity index (χ0n) is 32.8. The quantitative estimate of drug-likeness (QED) is 0.0752. The molecular weight excluding hydrogens is 588 g/mol. The number of aliphatic hydroxyl groups excluding tert-OH is 1. The SMILES string of the molecule is CCCCCCCC/C=C\CCCCCCCC(=O)OC1C[C@@H](O)C[C@H]2CC[C@@H]3[C@@H]4CC[C@H]([C@H](C)CCCC(C)C)[C@@]4(C)CC[C@@H]3[C@@]12C. The molecule has 3 nitrogen and oxygen atoms in total. The van der Waals surface area contributed by atoms with Crippen LogP contribution in [0.2, 0.25) is 0 Å². The number of rotatable bonds is 21. The molecule has 4 aliphatic rings. The van der Waals surface area contributed by atoms with E-state index in [9.17, 15) is 9.90 Å². The van der Waals surface area contributed by atoms with Gasteiger partial charge in [0, 0.05) is 18.3 Å². The summed E-state index contributed by atoms with van der Waals surface area (Å²) in [4.78, 5) is 13.3. The predicted octanol–water partition coefficient (Wildman–Crippen LogP) is 13.0. The third-order valence-electron chi connectivity index (χ3n) is 14.8. The van der Waals surface area contributed by atoms with Crippen molar-refractivity contribution in [2.24, 2.45) is 52.3 Å². The van der Waals surface area contributed by atoms with Crippen molar-refractivity contribution in [1.29, 1.82) is 0 Å². The minimum Gasteiger partial charge on any atom is -0.462 e. The number of fused-ring (bicyclic) bond motifs is 5. The van der Waals surface area contributed by atoms with Gasteiger partial charge in [-0.1, -0.05) is 124 Å². The number of carbonyl (C=O) groups is 1. The van der Waals surface area contributed by atoms with Gasteiger partial charge in [-0.2, -0.15) is 0 Å². The fourth-order valence-corrected chi connectivity index (χ4v) is 12.0. The summed E-state index contributed by atoms with van der Waals surface area (Å²) in [6, 6.07) is 0. The molecule has 1 N–H and O–H groups in total. The van der Waals surface area contributed by atoms with Gasteiger partial charge >= 0.3 is 5.97 Å². The van der Waals surface area contributed by atoms with Crippen molar-refractivity contribution < 1.29 is 14.6 Å². The lowest BCUT2D eigenvalue weighted by atomic mass is 9.43. The first-order chi connectivity index (χ1) is 23.1. The maximum absolute atomic E-state index is 13.3. The van der Waals surface area contributed by atoms with E-state index >= 15 is 0 Å². The Hall–Kier alpha value is -0.830. The molecule has 0 amide bonds. The highest BCUT2D eigenvalue weighted by Crippen LogP contribution is 2.68. The van der Waals surface area contributed by atoms with Crippen molar-refractivity contribution >= 4 is 5.97 Å². The van der Waals surface area contributed by atoms with Crippen LogP contribution in [0.4, 0.5) is 0 Å². The average Bonchev–Trinajstić information content (AvgIpc) is 3.40. The normalized spacial score (nSPS) is 35.4. The van der Waals surface area contributed by atoms with Crippen LogP contribution in [0, 0.1) is 52.3 Å². The first-order valence-corrected chi connectivity index (χ1v) is 21.6. The maximum Gasteiger partial charge on any atom is 0.306 e. The standard InChI is InChI=1S/C45H80O3/c1-7-8-9-10-11-12-13-14-15-16-17-18-19-20-21-25-43(47)48-42-33-37(46)32-36-26-27-38-40-29-28-39(35(4)24-22-23-34(2)3)44(40,5)31-30-41(38)45(36,42)6/h14-15,34-42,46H,7-13,16-33H2,1-6H3/b15-14-/t35-,36-,37+,38-,39-,40+,41+,42?,44-,45+/m1/s1. The van der Waals surface area contributed by atoms with E-state index in [-0.39, 0.29) is 23.6 Å². The van der Waals surface area contributed by atoms with Crippen LogP contribution in [0.1, 0.15) is 202 Å². The first kappa shape index (κ1) is 39.9. The summed E-state index contributed by atoms with van der Waals surface area (Å²) in [5.41, 5.74) is 0.495. The molecule has 0 radical (unpaired) electrons. The van der Waals surface area contributed by atoms with Gasteiger partial charge in [-0.3, -0.25) is 4.79 Å². The van der Waals surface area contributed by atoms with Gasteiger partial charge in [-0.25, -0.2) is 0 Å². The minimum atomic E-state index is -0.325. The van der Waals surface area contributed by atoms with Crippen LogP contribution >= 0.6 is 0 Å². The number of esters is 1. The van der Waals surface area contributed by atoms with Crippen molar-refractivity contribution in [3.63, 3.8) is 0 Å². The van der Waals surface area contributed by atoms with Gasteiger partial charge in [0.2, 0.25) is 0 Å². The van der Waals surface area contributed by atoms with E-state index in [0.717, 1.165) is 48.9 Å². The molecular formula is C45H80O3. The maximum atomic E-state index is 13.3. The lowest BCUT2D eigenvalue weighted by molar-refractivity contribution is -0.203. The molecule has 0 aromatic rings. The summed E-state index contributed by atoms with van der Waals surface area (Å²) in [5, 5.41) is 11.0. The van der Waals surface area contributed by atoms with Gasteiger partial charge in [0.05, 0.1) is 6.10 Å². The fraction of sp³-hybridized carbons (Fsp3) is 0.933. The number of aliphatic hydroxyl groups is 1. The van der Waals surface area contributed by atoms with Gasteiger partial charge in [-0.05, 0) is 124 Å². The van der Waals surface area contributed by atoms with E-state index in [1.54, 1.807) is 0 Å². The van der Waals surface area contributed by atoms with Crippen LogP contribution < -0.4 is 0 Å². The number of hydrogen-bond donors (Lipinski definition) is 1. The zero-order valence-corrected chi connectivity index (χ0v) is 32.8. The van der Waals surface area contributed by atoms with Crippen LogP contribution in [0.5, 0.6) is 0 Å². The topological polar surface area (TPSA) is 46.5 Å². The minimum absolute atomic E-state index is 0.00868. The summed E-state index contributed by atoms with van der Waals surface area (Å²) < 4.78 is 6.45. The largest absolute Gasteiger partial charge is 0.462 e. The number of allylic oxidation sites excluding steroid dienone is 2. The van der Waals surface area contributed by atoms with Gasteiger partial charge in [0.15, 0.2) is 0 Å². The Morgan fingerprint density at radius 3 is 2.12 bits per heavy atom. The Morgan fingerprint density at radius 1 is 0.771 bits per heavy atom. The van der Waals surface area contributed by atoms with Crippen LogP contribution in [-0.2, 0) is 9.53 Å². The third kappa shape index (κ3) is 10.4. The second kappa shape index (κ2) is 19.7. The summed E-state index contributed by atoms with van der Waals surface area (Å²) in [5.74, 6) is 5.21. The lowest BCUT2D eigenvalue weighted by Gasteiger charge is -2.62. The van der Waals surface area contributed by atoms with E-state index in [2.05, 4.69) is 53.7 Å². The molecule has 0 heterocycles. The Labute approximate surface area is 298 Å². The van der Waals surface area contributed by atoms with Crippen LogP contribution in [0.15, 0.2) is 12.2 Å². The second-order valence-corrected chi connectivity index (χ2v) is 18.5. The van der Waals surface area contributed by atoms with Crippen molar-refractivity contribution in [1.82, 2.24) is 0 Å². The highest BCUT2D eigenvalue weighted by Gasteiger charge is 2.63. The summed E-state index contributed by atoms with van der Waals surface area (Å²) in [6.07, 6.45) is 35.0. The highest BCUT2D eigenvalue weighted by molar-refractivity contribution is 5.69. The van der Waals surface area contributed by atoms with E-state index in [1.807, 2.05) is 0 Å².